The van der Waals surface area contributed by atoms with Gasteiger partial charge in [0.05, 0.1) is 0 Å². The number of nitrogens with zero attached hydrogens (tertiary/aromatic N) is 3. The topological polar surface area (TPSA) is 113 Å². The summed E-state index contributed by atoms with van der Waals surface area (Å²) in [5.41, 5.74) is 6.41. The predicted octanol–water partition coefficient (Wildman–Crippen LogP) is 1.41. The fourth-order valence-corrected chi connectivity index (χ4v) is 3.12. The van der Waals surface area contributed by atoms with Crippen LogP contribution in [0.1, 0.15) is 29.0 Å². The van der Waals surface area contributed by atoms with E-state index >= 15 is 0 Å². The molecule has 8 nitrogen and oxygen atoms in total. The van der Waals surface area contributed by atoms with Gasteiger partial charge in [-0.15, -0.1) is 5.10 Å². The molecule has 3 rings (SSSR count). The maximum absolute atomic E-state index is 12.3. The Labute approximate surface area is 138 Å². The number of aromatic amines is 1. The molecule has 0 unspecified atom stereocenters. The quantitative estimate of drug-likeness (QED) is 0.723. The number of hydrogen-bond acceptors (Lipinski definition) is 7. The number of carbonyl (C=O) groups excluding carboxylic acids is 1. The van der Waals surface area contributed by atoms with E-state index in [2.05, 4.69) is 25.4 Å². The van der Waals surface area contributed by atoms with E-state index in [9.17, 15) is 4.79 Å². The highest BCUT2D eigenvalue weighted by Gasteiger charge is 2.25. The minimum atomic E-state index is -0.150. The number of carbonyl (C=O) groups is 1. The lowest BCUT2D eigenvalue weighted by molar-refractivity contribution is 0.0897. The van der Waals surface area contributed by atoms with Gasteiger partial charge in [0, 0.05) is 24.7 Å². The summed E-state index contributed by atoms with van der Waals surface area (Å²) in [7, 11) is 0. The van der Waals surface area contributed by atoms with Crippen molar-refractivity contribution in [3.63, 3.8) is 0 Å². The summed E-state index contributed by atoms with van der Waals surface area (Å²) in [6.45, 7) is 3.43. The molecule has 1 fully saturated rings. The minimum absolute atomic E-state index is 0.122. The maximum Gasteiger partial charge on any atom is 0.287 e. The van der Waals surface area contributed by atoms with Crippen LogP contribution in [0.3, 0.4) is 0 Å². The van der Waals surface area contributed by atoms with Crippen molar-refractivity contribution >= 4 is 29.6 Å². The molecule has 0 bridgehead atoms. The number of nitrogen functional groups attached to an aromatic ring is 1. The lowest BCUT2D eigenvalue weighted by atomic mass is 10.1. The Hall–Kier alpha value is -2.16. The van der Waals surface area contributed by atoms with E-state index in [0.29, 0.717) is 17.7 Å². The summed E-state index contributed by atoms with van der Waals surface area (Å²) in [4.78, 5) is 18.5. The molecule has 9 heteroatoms. The van der Waals surface area contributed by atoms with Crippen molar-refractivity contribution in [2.45, 2.75) is 30.9 Å². The second-order valence-electron chi connectivity index (χ2n) is 5.54. The number of furan rings is 1. The Morgan fingerprint density at radius 2 is 2.26 bits per heavy atom. The first-order chi connectivity index (χ1) is 11.1. The lowest BCUT2D eigenvalue weighted by Crippen LogP contribution is -2.45. The molecule has 3 heterocycles. The second kappa shape index (κ2) is 6.53. The second-order valence-corrected chi connectivity index (χ2v) is 6.35. The summed E-state index contributed by atoms with van der Waals surface area (Å²) >= 11 is 1.49. The summed E-state index contributed by atoms with van der Waals surface area (Å²) in [6.07, 6.45) is 3.58. The predicted molar refractivity (Wildman–Crippen MR) is 88.7 cm³/mol. The molecule has 2 aromatic heterocycles. The Morgan fingerprint density at radius 3 is 2.83 bits per heavy atom. The Bertz CT molecular complexity index is 689. The van der Waals surface area contributed by atoms with E-state index in [-0.39, 0.29) is 11.9 Å². The third-order valence-electron chi connectivity index (χ3n) is 3.91. The van der Waals surface area contributed by atoms with Gasteiger partial charge in [0.2, 0.25) is 11.9 Å². The Kier molecular flexibility index (Phi) is 4.46. The Morgan fingerprint density at radius 1 is 1.52 bits per heavy atom. The number of thioether (sulfide) groups is 1. The van der Waals surface area contributed by atoms with E-state index < -0.39 is 0 Å². The maximum atomic E-state index is 12.3. The van der Waals surface area contributed by atoms with Crippen molar-refractivity contribution in [3.8, 4) is 0 Å². The number of hydrogen-bond donors (Lipinski definition) is 3. The molecule has 1 aliphatic heterocycles. The van der Waals surface area contributed by atoms with E-state index in [1.165, 1.54) is 11.8 Å². The van der Waals surface area contributed by atoms with Crippen molar-refractivity contribution in [2.24, 2.45) is 0 Å². The molecule has 0 aromatic carbocycles. The molecule has 0 atom stereocenters. The monoisotopic (exact) mass is 336 g/mol. The van der Waals surface area contributed by atoms with Gasteiger partial charge in [-0.25, -0.2) is 5.10 Å². The summed E-state index contributed by atoms with van der Waals surface area (Å²) in [5.74, 6) is 1.17. The van der Waals surface area contributed by atoms with E-state index in [0.717, 1.165) is 36.6 Å². The molecule has 1 saturated heterocycles. The van der Waals surface area contributed by atoms with Crippen LogP contribution in [0.15, 0.2) is 15.6 Å². The first-order valence-corrected chi connectivity index (χ1v) is 8.67. The Balaban J connectivity index is 1.56. The van der Waals surface area contributed by atoms with Crippen LogP contribution in [0, 0.1) is 6.92 Å². The molecule has 0 radical (unpaired) electrons. The van der Waals surface area contributed by atoms with Gasteiger partial charge in [-0.3, -0.25) is 4.79 Å². The van der Waals surface area contributed by atoms with Crippen molar-refractivity contribution in [1.82, 2.24) is 20.5 Å². The number of nitrogens with two attached hydrogens (primary N) is 1. The number of amides is 1. The van der Waals surface area contributed by atoms with Gasteiger partial charge in [-0.1, -0.05) is 11.8 Å². The zero-order valence-corrected chi connectivity index (χ0v) is 13.9. The van der Waals surface area contributed by atoms with E-state index in [1.807, 2.05) is 19.2 Å². The van der Waals surface area contributed by atoms with Crippen LogP contribution in [0.2, 0.25) is 0 Å². The van der Waals surface area contributed by atoms with Crippen molar-refractivity contribution < 1.29 is 9.21 Å². The van der Waals surface area contributed by atoms with Crippen LogP contribution in [0.4, 0.5) is 11.9 Å². The van der Waals surface area contributed by atoms with E-state index in [4.69, 9.17) is 10.2 Å². The first kappa shape index (κ1) is 15.7. The van der Waals surface area contributed by atoms with Crippen molar-refractivity contribution in [3.05, 3.63) is 17.4 Å². The third-order valence-corrected chi connectivity index (χ3v) is 4.51. The average molecular weight is 336 g/mol. The van der Waals surface area contributed by atoms with Crippen LogP contribution in [0.25, 0.3) is 0 Å². The molecular formula is C14H20N6O2S. The van der Waals surface area contributed by atoms with Crippen LogP contribution in [-0.4, -0.2) is 46.5 Å². The zero-order valence-electron chi connectivity index (χ0n) is 13.1. The average Bonchev–Trinajstić information content (AvgIpc) is 3.14. The molecule has 23 heavy (non-hydrogen) atoms. The molecule has 0 spiro atoms. The summed E-state index contributed by atoms with van der Waals surface area (Å²) < 4.78 is 5.56. The number of aromatic nitrogens is 3. The van der Waals surface area contributed by atoms with Gasteiger partial charge in [0.1, 0.15) is 0 Å². The van der Waals surface area contributed by atoms with Gasteiger partial charge in [0.15, 0.2) is 10.9 Å². The van der Waals surface area contributed by atoms with Crippen LogP contribution >= 0.6 is 11.8 Å². The van der Waals surface area contributed by atoms with Crippen molar-refractivity contribution in [1.29, 1.82) is 0 Å². The van der Waals surface area contributed by atoms with Gasteiger partial charge < -0.3 is 20.4 Å². The standard InChI is InChI=1S/C14H20N6O2S/c1-8-7-10(23-2)22-11(8)12(21)16-9-3-5-20(6-4-9)14-17-13(15)18-19-14/h7,9H,3-6H2,1-2H3,(H,16,21)(H3,15,17,18,19). The highest BCUT2D eigenvalue weighted by molar-refractivity contribution is 7.98. The smallest absolute Gasteiger partial charge is 0.287 e. The molecule has 124 valence electrons. The first-order valence-electron chi connectivity index (χ1n) is 7.45. The fraction of sp³-hybridized carbons (Fsp3) is 0.500. The minimum Gasteiger partial charge on any atom is -0.444 e. The molecule has 2 aromatic rings. The van der Waals surface area contributed by atoms with Crippen LogP contribution in [-0.2, 0) is 0 Å². The van der Waals surface area contributed by atoms with Gasteiger partial charge >= 0.3 is 0 Å². The highest BCUT2D eigenvalue weighted by Crippen LogP contribution is 2.23. The largest absolute Gasteiger partial charge is 0.444 e. The molecular weight excluding hydrogens is 316 g/mol. The van der Waals surface area contributed by atoms with E-state index in [1.54, 1.807) is 0 Å². The van der Waals surface area contributed by atoms with Crippen LogP contribution in [0.5, 0.6) is 0 Å². The van der Waals surface area contributed by atoms with Crippen molar-refractivity contribution in [2.75, 3.05) is 30.0 Å². The van der Waals surface area contributed by atoms with Gasteiger partial charge in [-0.05, 0) is 32.1 Å². The number of aryl methyl sites for hydroxylation is 1. The summed E-state index contributed by atoms with van der Waals surface area (Å²) in [6, 6.07) is 2.01. The van der Waals surface area contributed by atoms with Gasteiger partial charge in [0.25, 0.3) is 5.91 Å². The SMILES string of the molecule is CSc1cc(C)c(C(=O)NC2CCN(c3n[nH]c(N)n3)CC2)o1. The molecule has 1 amide bonds. The van der Waals surface area contributed by atoms with Crippen LogP contribution < -0.4 is 16.0 Å². The zero-order chi connectivity index (χ0) is 16.4. The number of H-pyrrole nitrogens is 1. The normalized spacial score (nSPS) is 15.8. The molecule has 1 aliphatic rings. The number of anilines is 2. The lowest BCUT2D eigenvalue weighted by Gasteiger charge is -2.31. The number of rotatable bonds is 4. The van der Waals surface area contributed by atoms with Gasteiger partial charge in [-0.2, -0.15) is 4.98 Å². The summed E-state index contributed by atoms with van der Waals surface area (Å²) in [5, 5.41) is 10.5. The highest BCUT2D eigenvalue weighted by atomic mass is 32.2. The number of piperidine rings is 1. The number of nitrogens with one attached hydrogen (secondary N) is 2. The molecule has 0 saturated carbocycles. The fourth-order valence-electron chi connectivity index (χ4n) is 2.66. The molecule has 4 N–H and O–H groups in total. The molecule has 0 aliphatic carbocycles. The third kappa shape index (κ3) is 3.44.